The molecule has 2 aromatic carbocycles. The van der Waals surface area contributed by atoms with Crippen molar-refractivity contribution in [1.82, 2.24) is 0 Å². The van der Waals surface area contributed by atoms with Crippen LogP contribution in [0.4, 0.5) is 0 Å². The summed E-state index contributed by atoms with van der Waals surface area (Å²) in [5.74, 6) is 6.69. The van der Waals surface area contributed by atoms with Crippen molar-refractivity contribution in [2.75, 3.05) is 0 Å². The second-order valence-corrected chi connectivity index (χ2v) is 18.2. The van der Waals surface area contributed by atoms with Gasteiger partial charge in [0.25, 0.3) is 0 Å². The molecule has 2 aromatic rings. The molecule has 0 saturated heterocycles. The van der Waals surface area contributed by atoms with Crippen molar-refractivity contribution >= 4 is 18.5 Å². The Hall–Kier alpha value is -1.13. The Kier molecular flexibility index (Phi) is 8.59. The molecule has 9 atom stereocenters. The van der Waals surface area contributed by atoms with Crippen LogP contribution in [-0.4, -0.2) is 5.66 Å². The Morgan fingerprint density at radius 1 is 0.700 bits per heavy atom. The zero-order valence-corrected chi connectivity index (χ0v) is 27.2. The summed E-state index contributed by atoms with van der Waals surface area (Å²) in [4.78, 5) is 0. The van der Waals surface area contributed by atoms with Gasteiger partial charge in [0.2, 0.25) is 0 Å². The van der Waals surface area contributed by atoms with E-state index in [1.54, 1.807) is 10.6 Å². The topological polar surface area (TPSA) is 0 Å². The van der Waals surface area contributed by atoms with Crippen molar-refractivity contribution < 1.29 is 0 Å². The van der Waals surface area contributed by atoms with Crippen LogP contribution in [0.15, 0.2) is 60.7 Å². The fourth-order valence-corrected chi connectivity index (χ4v) is 14.2. The van der Waals surface area contributed by atoms with Crippen LogP contribution in [0.5, 0.6) is 0 Å². The average molecular weight is 557 g/mol. The highest BCUT2D eigenvalue weighted by molar-refractivity contribution is 7.73. The second kappa shape index (κ2) is 11.9. The van der Waals surface area contributed by atoms with Crippen molar-refractivity contribution in [1.29, 1.82) is 0 Å². The van der Waals surface area contributed by atoms with Gasteiger partial charge in [0.05, 0.1) is 0 Å². The first kappa shape index (κ1) is 29.0. The summed E-state index contributed by atoms with van der Waals surface area (Å²) in [7, 11) is -0.283. The van der Waals surface area contributed by atoms with Gasteiger partial charge in [0, 0.05) is 0 Å². The molecule has 0 radical (unpaired) electrons. The molecule has 0 N–H and O–H groups in total. The molecule has 4 saturated carbocycles. The molecule has 0 amide bonds. The minimum atomic E-state index is -0.283. The van der Waals surface area contributed by atoms with Crippen molar-refractivity contribution in [3.8, 4) is 0 Å². The molecule has 2 unspecified atom stereocenters. The molecule has 4 fully saturated rings. The third-order valence-electron chi connectivity index (χ3n) is 13.3. The van der Waals surface area contributed by atoms with Gasteiger partial charge in [0.15, 0.2) is 0 Å². The van der Waals surface area contributed by atoms with Gasteiger partial charge in [-0.25, -0.2) is 0 Å². The van der Waals surface area contributed by atoms with Crippen molar-refractivity contribution in [2.45, 2.75) is 117 Å². The van der Waals surface area contributed by atoms with E-state index < -0.39 is 0 Å². The van der Waals surface area contributed by atoms with Gasteiger partial charge in [-0.2, -0.15) is 0 Å². The van der Waals surface area contributed by atoms with Gasteiger partial charge in [-0.15, -0.1) is 0 Å². The Morgan fingerprint density at radius 2 is 1.32 bits per heavy atom. The monoisotopic (exact) mass is 556 g/mol. The zero-order chi connectivity index (χ0) is 27.9. The van der Waals surface area contributed by atoms with Crippen LogP contribution in [0.1, 0.15) is 112 Å². The largest absolute Gasteiger partial charge is 0.0628 e. The van der Waals surface area contributed by atoms with Gasteiger partial charge in [-0.3, -0.25) is 0 Å². The van der Waals surface area contributed by atoms with Crippen molar-refractivity contribution in [2.24, 2.45) is 52.3 Å². The van der Waals surface area contributed by atoms with Gasteiger partial charge >= 0.3 is 0 Å². The summed E-state index contributed by atoms with van der Waals surface area (Å²) in [6.07, 6.45) is 17.8. The minimum Gasteiger partial charge on any atom is -0.0628 e. The Bertz CT molecular complexity index is 1050. The molecule has 0 bridgehead atoms. The van der Waals surface area contributed by atoms with Gasteiger partial charge in [-0.05, 0) is 134 Å². The molecule has 0 aliphatic heterocycles. The highest BCUT2D eigenvalue weighted by Crippen LogP contribution is 2.69. The average Bonchev–Trinajstić information content (AvgIpc) is 3.31. The summed E-state index contributed by atoms with van der Waals surface area (Å²) in [5.41, 5.74) is 2.04. The predicted molar refractivity (Wildman–Crippen MR) is 176 cm³/mol. The van der Waals surface area contributed by atoms with E-state index >= 15 is 0 Å². The van der Waals surface area contributed by atoms with E-state index in [2.05, 4.69) is 95.3 Å². The second-order valence-electron chi connectivity index (χ2n) is 15.7. The van der Waals surface area contributed by atoms with Crippen LogP contribution in [0.25, 0.3) is 0 Å². The van der Waals surface area contributed by atoms with E-state index in [4.69, 9.17) is 0 Å². The van der Waals surface area contributed by atoms with Crippen LogP contribution in [-0.2, 0) is 0 Å². The highest BCUT2D eigenvalue weighted by Gasteiger charge is 2.60. The Morgan fingerprint density at radius 3 is 1.98 bits per heavy atom. The molecule has 4 aliphatic rings. The molecule has 4 aliphatic carbocycles. The third kappa shape index (κ3) is 5.27. The lowest BCUT2D eigenvalue weighted by molar-refractivity contribution is -0.113. The quantitative estimate of drug-likeness (QED) is 0.284. The van der Waals surface area contributed by atoms with Crippen molar-refractivity contribution in [3.05, 3.63) is 60.7 Å². The summed E-state index contributed by atoms with van der Waals surface area (Å²) in [5, 5.41) is 3.19. The third-order valence-corrected chi connectivity index (χ3v) is 16.2. The molecular formula is C39H57P. The molecule has 0 spiro atoms. The van der Waals surface area contributed by atoms with Crippen LogP contribution in [0, 0.1) is 52.3 Å². The van der Waals surface area contributed by atoms with Crippen LogP contribution >= 0.6 is 7.92 Å². The zero-order valence-electron chi connectivity index (χ0n) is 26.3. The number of rotatable bonds is 8. The van der Waals surface area contributed by atoms with Gasteiger partial charge < -0.3 is 0 Å². The molecule has 1 heteroatoms. The first-order valence-electron chi connectivity index (χ1n) is 17.2. The lowest BCUT2D eigenvalue weighted by Gasteiger charge is -2.62. The highest BCUT2D eigenvalue weighted by atomic mass is 31.1. The SMILES string of the molecule is CC(C)CCC[C@@H](C)[C@H]1CC[C@H]2[C@@H]3CCC4CC(P(c5ccccc5)c5ccccc5)CC[C@]4(C)[C@H]3CC[C@]12C. The number of hydrogen-bond donors (Lipinski definition) is 0. The lowest BCUT2D eigenvalue weighted by Crippen LogP contribution is -2.54. The van der Waals surface area contributed by atoms with Crippen molar-refractivity contribution in [3.63, 3.8) is 0 Å². The first-order chi connectivity index (χ1) is 19.3. The van der Waals surface area contributed by atoms with Crippen LogP contribution in [0.2, 0.25) is 0 Å². The van der Waals surface area contributed by atoms with E-state index in [9.17, 15) is 0 Å². The van der Waals surface area contributed by atoms with Crippen LogP contribution < -0.4 is 10.6 Å². The molecule has 0 nitrogen and oxygen atoms in total. The Balaban J connectivity index is 1.17. The number of benzene rings is 2. The summed E-state index contributed by atoms with van der Waals surface area (Å²) in [6.45, 7) is 13.0. The summed E-state index contributed by atoms with van der Waals surface area (Å²) < 4.78 is 0. The fourth-order valence-electron chi connectivity index (χ4n) is 11.2. The fraction of sp³-hybridized carbons (Fsp3) is 0.692. The van der Waals surface area contributed by atoms with E-state index in [-0.39, 0.29) is 7.92 Å². The van der Waals surface area contributed by atoms with Gasteiger partial charge in [0.1, 0.15) is 0 Å². The standard InChI is InChI=1S/C39H57P/c1-28(2)13-12-14-29(3)35-21-22-36-34-20-19-30-27-33(23-25-38(30,4)37(34)24-26-39(35,36)5)40(31-15-8-6-9-16-31)32-17-10-7-11-18-32/h6-11,15-18,28-30,33-37H,12-14,19-27H2,1-5H3/t29-,30?,33?,34+,35-,36+,37+,38+,39-/m1/s1. The molecule has 0 aromatic heterocycles. The maximum absolute atomic E-state index is 2.78. The molecule has 0 heterocycles. The molecule has 40 heavy (non-hydrogen) atoms. The lowest BCUT2D eigenvalue weighted by atomic mass is 9.44. The van der Waals surface area contributed by atoms with Gasteiger partial charge in [-0.1, -0.05) is 115 Å². The smallest absolute Gasteiger partial charge is 0.0126 e. The first-order valence-corrected chi connectivity index (χ1v) is 18.6. The van der Waals surface area contributed by atoms with E-state index in [1.165, 1.54) is 77.0 Å². The van der Waals surface area contributed by atoms with E-state index in [0.29, 0.717) is 10.8 Å². The predicted octanol–water partition coefficient (Wildman–Crippen LogP) is 10.6. The maximum atomic E-state index is 2.78. The van der Waals surface area contributed by atoms with E-state index in [1.807, 2.05) is 0 Å². The summed E-state index contributed by atoms with van der Waals surface area (Å²) in [6, 6.07) is 23.1. The minimum absolute atomic E-state index is 0.283. The molecular weight excluding hydrogens is 499 g/mol. The summed E-state index contributed by atoms with van der Waals surface area (Å²) >= 11 is 0. The van der Waals surface area contributed by atoms with E-state index in [0.717, 1.165) is 47.1 Å². The molecule has 6 rings (SSSR count). The molecule has 218 valence electrons. The number of hydrogen-bond acceptors (Lipinski definition) is 0. The number of fused-ring (bicyclic) bond motifs is 5. The van der Waals surface area contributed by atoms with Crippen LogP contribution in [0.3, 0.4) is 0 Å². The normalized spacial score (nSPS) is 38.1. The maximum Gasteiger partial charge on any atom is -0.0126 e. The Labute approximate surface area is 248 Å².